The molecule has 0 saturated heterocycles. The van der Waals surface area contributed by atoms with E-state index in [2.05, 4.69) is 21.6 Å². The molecule has 2 atom stereocenters. The Hall–Kier alpha value is -1.95. The molecule has 0 radical (unpaired) electrons. The van der Waals surface area contributed by atoms with Crippen LogP contribution in [0.5, 0.6) is 0 Å². The van der Waals surface area contributed by atoms with Gasteiger partial charge in [0.2, 0.25) is 0 Å². The zero-order valence-electron chi connectivity index (χ0n) is 14.0. The molecule has 0 amide bonds. The minimum atomic E-state index is -0.132. The topological polar surface area (TPSA) is 71.8 Å². The first-order chi connectivity index (χ1) is 11.6. The van der Waals surface area contributed by atoms with E-state index in [1.54, 1.807) is 4.68 Å². The number of carbonyl (C=O) groups is 1. The van der Waals surface area contributed by atoms with Crippen molar-refractivity contribution in [2.45, 2.75) is 45.4 Å². The van der Waals surface area contributed by atoms with Crippen LogP contribution in [0, 0.1) is 12.8 Å². The first-order valence-corrected chi connectivity index (χ1v) is 8.73. The van der Waals surface area contributed by atoms with E-state index in [9.17, 15) is 4.79 Å². The molecule has 6 nitrogen and oxygen atoms in total. The van der Waals surface area contributed by atoms with E-state index in [0.717, 1.165) is 30.8 Å². The van der Waals surface area contributed by atoms with Gasteiger partial charge in [-0.3, -0.25) is 4.79 Å². The summed E-state index contributed by atoms with van der Waals surface area (Å²) in [7, 11) is 0. The minimum absolute atomic E-state index is 0.132. The lowest BCUT2D eigenvalue weighted by atomic mass is 9.89. The van der Waals surface area contributed by atoms with Gasteiger partial charge in [-0.05, 0) is 42.4 Å². The highest BCUT2D eigenvalue weighted by molar-refractivity contribution is 6.32. The second kappa shape index (κ2) is 7.30. The maximum Gasteiger partial charge on any atom is 0.305 e. The SMILES string of the molecule is CCC(=O)OCC1CCCC1c1ccc(-[n+]2[nH]nnc2C)c(Cl)c1. The molecule has 128 valence electrons. The van der Waals surface area contributed by atoms with Gasteiger partial charge in [-0.2, -0.15) is 0 Å². The summed E-state index contributed by atoms with van der Waals surface area (Å²) in [6, 6.07) is 6.09. The molecule has 24 heavy (non-hydrogen) atoms. The number of nitrogens with zero attached hydrogens (tertiary/aromatic N) is 3. The minimum Gasteiger partial charge on any atom is -0.465 e. The van der Waals surface area contributed by atoms with Crippen LogP contribution in [0.25, 0.3) is 5.69 Å². The fraction of sp³-hybridized carbons (Fsp3) is 0.529. The van der Waals surface area contributed by atoms with Gasteiger partial charge in [0.25, 0.3) is 0 Å². The van der Waals surface area contributed by atoms with E-state index in [0.29, 0.717) is 29.9 Å². The summed E-state index contributed by atoms with van der Waals surface area (Å²) >= 11 is 6.49. The third-order valence-corrected chi connectivity index (χ3v) is 5.01. The van der Waals surface area contributed by atoms with Crippen LogP contribution in [-0.4, -0.2) is 28.1 Å². The number of H-pyrrole nitrogens is 1. The van der Waals surface area contributed by atoms with Crippen LogP contribution in [0.2, 0.25) is 5.02 Å². The predicted molar refractivity (Wildman–Crippen MR) is 89.0 cm³/mol. The van der Waals surface area contributed by atoms with Crippen molar-refractivity contribution in [1.82, 2.24) is 15.5 Å². The number of hydrogen-bond acceptors (Lipinski definition) is 4. The van der Waals surface area contributed by atoms with Gasteiger partial charge in [0.1, 0.15) is 10.8 Å². The maximum atomic E-state index is 11.4. The Morgan fingerprint density at radius 2 is 2.29 bits per heavy atom. The Balaban J connectivity index is 1.78. The van der Waals surface area contributed by atoms with Gasteiger partial charge < -0.3 is 4.74 Å². The first kappa shape index (κ1) is 16.9. The van der Waals surface area contributed by atoms with Crippen LogP contribution >= 0.6 is 11.6 Å². The standard InChI is InChI=1S/C17H21ClN4O2/c1-3-17(23)24-10-13-5-4-6-14(13)12-7-8-16(15(18)9-12)22-11(2)19-20-21-22/h7-9,13-14H,3-6,10H2,1-2H3/p+1. The molecular formula is C17H22ClN4O2+. The number of halogens is 1. The average molecular weight is 350 g/mol. The molecule has 1 N–H and O–H groups in total. The number of ether oxygens (including phenoxy) is 1. The molecule has 1 aromatic heterocycles. The quantitative estimate of drug-likeness (QED) is 0.665. The molecule has 0 aliphatic heterocycles. The van der Waals surface area contributed by atoms with Gasteiger partial charge >= 0.3 is 11.8 Å². The Kier molecular flexibility index (Phi) is 5.14. The number of aromatic amines is 1. The molecule has 0 bridgehead atoms. The molecule has 1 fully saturated rings. The van der Waals surface area contributed by atoms with Gasteiger partial charge in [0, 0.05) is 13.3 Å². The number of aryl methyl sites for hydroxylation is 1. The third kappa shape index (κ3) is 3.43. The lowest BCUT2D eigenvalue weighted by Crippen LogP contribution is -2.36. The number of tetrazole rings is 1. The van der Waals surface area contributed by atoms with Crippen LogP contribution in [0.1, 0.15) is 49.9 Å². The van der Waals surface area contributed by atoms with Crippen LogP contribution in [-0.2, 0) is 9.53 Å². The first-order valence-electron chi connectivity index (χ1n) is 8.35. The fourth-order valence-corrected chi connectivity index (χ4v) is 3.67. The van der Waals surface area contributed by atoms with E-state index in [-0.39, 0.29) is 5.97 Å². The van der Waals surface area contributed by atoms with Crippen LogP contribution < -0.4 is 4.68 Å². The number of aromatic nitrogens is 4. The number of nitrogens with one attached hydrogen (secondary N) is 1. The van der Waals surface area contributed by atoms with Gasteiger partial charge in [0.05, 0.1) is 11.6 Å². The lowest BCUT2D eigenvalue weighted by molar-refractivity contribution is -0.666. The third-order valence-electron chi connectivity index (χ3n) is 4.71. The molecule has 0 spiro atoms. The molecule has 1 heterocycles. The number of carbonyl (C=O) groups excluding carboxylic acids is 1. The Morgan fingerprint density at radius 3 is 2.96 bits per heavy atom. The monoisotopic (exact) mass is 349 g/mol. The summed E-state index contributed by atoms with van der Waals surface area (Å²) in [5, 5.41) is 11.2. The van der Waals surface area contributed by atoms with Gasteiger partial charge in [-0.1, -0.05) is 36.2 Å². The zero-order chi connectivity index (χ0) is 17.1. The molecule has 1 aliphatic rings. The highest BCUT2D eigenvalue weighted by atomic mass is 35.5. The normalized spacial score (nSPS) is 20.3. The summed E-state index contributed by atoms with van der Waals surface area (Å²) < 4.78 is 7.11. The largest absolute Gasteiger partial charge is 0.465 e. The van der Waals surface area contributed by atoms with Crippen molar-refractivity contribution in [3.8, 4) is 5.69 Å². The van der Waals surface area contributed by atoms with Gasteiger partial charge in [-0.25, -0.2) is 0 Å². The number of rotatable bonds is 5. The average Bonchev–Trinajstić information content (AvgIpc) is 3.21. The summed E-state index contributed by atoms with van der Waals surface area (Å²) in [5.74, 6) is 1.36. The number of hydrogen-bond donors (Lipinski definition) is 1. The van der Waals surface area contributed by atoms with Crippen LogP contribution in [0.4, 0.5) is 0 Å². The van der Waals surface area contributed by atoms with E-state index >= 15 is 0 Å². The van der Waals surface area contributed by atoms with E-state index < -0.39 is 0 Å². The second-order valence-electron chi connectivity index (χ2n) is 6.23. The zero-order valence-corrected chi connectivity index (χ0v) is 14.7. The Bertz CT molecular complexity index is 731. The molecule has 2 unspecified atom stereocenters. The summed E-state index contributed by atoms with van der Waals surface area (Å²) in [6.07, 6.45) is 3.75. The van der Waals surface area contributed by atoms with Crippen LogP contribution in [0.3, 0.4) is 0 Å². The molecule has 1 aromatic carbocycles. The lowest BCUT2D eigenvalue weighted by Gasteiger charge is -2.20. The van der Waals surface area contributed by atoms with Crippen molar-refractivity contribution >= 4 is 17.6 Å². The second-order valence-corrected chi connectivity index (χ2v) is 6.63. The van der Waals surface area contributed by atoms with Crippen molar-refractivity contribution in [2.24, 2.45) is 5.92 Å². The van der Waals surface area contributed by atoms with Crippen LogP contribution in [0.15, 0.2) is 18.2 Å². The van der Waals surface area contributed by atoms with E-state index in [1.807, 2.05) is 26.0 Å². The smallest absolute Gasteiger partial charge is 0.305 e. The van der Waals surface area contributed by atoms with Crippen molar-refractivity contribution in [3.63, 3.8) is 0 Å². The number of benzene rings is 1. The van der Waals surface area contributed by atoms with Gasteiger partial charge in [-0.15, -0.1) is 4.68 Å². The predicted octanol–water partition coefficient (Wildman–Crippen LogP) is 2.88. The van der Waals surface area contributed by atoms with E-state index in [4.69, 9.17) is 16.3 Å². The highest BCUT2D eigenvalue weighted by Crippen LogP contribution is 2.40. The summed E-state index contributed by atoms with van der Waals surface area (Å²) in [4.78, 5) is 11.4. The number of esters is 1. The van der Waals surface area contributed by atoms with Crippen molar-refractivity contribution in [2.75, 3.05) is 6.61 Å². The Labute approximate surface area is 146 Å². The summed E-state index contributed by atoms with van der Waals surface area (Å²) in [6.45, 7) is 4.18. The van der Waals surface area contributed by atoms with E-state index in [1.165, 1.54) is 5.56 Å². The molecule has 3 rings (SSSR count). The Morgan fingerprint density at radius 1 is 1.46 bits per heavy atom. The molecule has 1 saturated carbocycles. The maximum absolute atomic E-state index is 11.4. The van der Waals surface area contributed by atoms with Crippen molar-refractivity contribution in [1.29, 1.82) is 0 Å². The molecular weight excluding hydrogens is 328 g/mol. The fourth-order valence-electron chi connectivity index (χ4n) is 3.40. The summed E-state index contributed by atoms with van der Waals surface area (Å²) in [5.41, 5.74) is 2.03. The molecule has 7 heteroatoms. The van der Waals surface area contributed by atoms with Crippen molar-refractivity contribution in [3.05, 3.63) is 34.6 Å². The molecule has 1 aliphatic carbocycles. The highest BCUT2D eigenvalue weighted by Gasteiger charge is 2.30. The van der Waals surface area contributed by atoms with Crippen molar-refractivity contribution < 1.29 is 14.2 Å². The van der Waals surface area contributed by atoms with Gasteiger partial charge in [0.15, 0.2) is 5.21 Å². The molecule has 2 aromatic rings.